The van der Waals surface area contributed by atoms with Gasteiger partial charge in [0.2, 0.25) is 0 Å². The summed E-state index contributed by atoms with van der Waals surface area (Å²) in [5.41, 5.74) is 1.21. The minimum atomic E-state index is -0.610. The fourth-order valence-corrected chi connectivity index (χ4v) is 2.98. The molecule has 0 aliphatic heterocycles. The third-order valence-corrected chi connectivity index (χ3v) is 4.19. The van der Waals surface area contributed by atoms with Crippen molar-refractivity contribution in [2.24, 2.45) is 0 Å². The third kappa shape index (κ3) is 3.53. The number of nitrogens with one attached hydrogen (secondary N) is 1. The molecule has 1 aromatic carbocycles. The highest BCUT2D eigenvalue weighted by Crippen LogP contribution is 2.27. The van der Waals surface area contributed by atoms with Gasteiger partial charge in [-0.05, 0) is 25.6 Å². The van der Waals surface area contributed by atoms with Gasteiger partial charge in [-0.3, -0.25) is 0 Å². The summed E-state index contributed by atoms with van der Waals surface area (Å²) in [5, 5.41) is 5.79. The Hall–Kier alpha value is -1.04. The van der Waals surface area contributed by atoms with Crippen LogP contribution in [0, 0.1) is 18.6 Å². The van der Waals surface area contributed by atoms with Crippen LogP contribution in [0.2, 0.25) is 5.02 Å². The van der Waals surface area contributed by atoms with Gasteiger partial charge in [0.15, 0.2) is 0 Å². The average Bonchev–Trinajstić information content (AvgIpc) is 2.79. The van der Waals surface area contributed by atoms with Crippen LogP contribution in [0.15, 0.2) is 17.5 Å². The predicted octanol–water partition coefficient (Wildman–Crippen LogP) is 4.28. The van der Waals surface area contributed by atoms with E-state index in [1.54, 1.807) is 0 Å². The lowest BCUT2D eigenvalue weighted by atomic mass is 10.0. The van der Waals surface area contributed by atoms with Crippen LogP contribution >= 0.6 is 22.9 Å². The van der Waals surface area contributed by atoms with Gasteiger partial charge in [-0.1, -0.05) is 18.5 Å². The van der Waals surface area contributed by atoms with Gasteiger partial charge in [-0.15, -0.1) is 11.3 Å². The minimum Gasteiger partial charge on any atom is -0.310 e. The highest BCUT2D eigenvalue weighted by molar-refractivity contribution is 7.09. The van der Waals surface area contributed by atoms with Crippen molar-refractivity contribution in [1.29, 1.82) is 0 Å². The molecule has 0 bridgehead atoms. The quantitative estimate of drug-likeness (QED) is 0.833. The van der Waals surface area contributed by atoms with E-state index in [1.165, 1.54) is 11.3 Å². The van der Waals surface area contributed by atoms with Crippen LogP contribution < -0.4 is 5.32 Å². The van der Waals surface area contributed by atoms with E-state index in [0.29, 0.717) is 13.0 Å². The summed E-state index contributed by atoms with van der Waals surface area (Å²) in [6.07, 6.45) is 0.518. The molecular weight excluding hydrogens is 302 g/mol. The number of benzene rings is 1. The number of hydrogen-bond donors (Lipinski definition) is 1. The standard InChI is InChI=1S/C14H15ClF2N2S/c1-3-18-13(6-14-19-8(2)7-20-14)9-4-12(17)10(15)5-11(9)16/h4-5,7,13,18H,3,6H2,1-2H3. The van der Waals surface area contributed by atoms with Crippen LogP contribution in [0.5, 0.6) is 0 Å². The molecule has 1 atom stereocenters. The zero-order chi connectivity index (χ0) is 14.7. The fraction of sp³-hybridized carbons (Fsp3) is 0.357. The Morgan fingerprint density at radius 2 is 2.10 bits per heavy atom. The number of likely N-dealkylation sites (N-methyl/N-ethyl adjacent to an activating group) is 1. The van der Waals surface area contributed by atoms with Crippen molar-refractivity contribution in [3.63, 3.8) is 0 Å². The first-order chi connectivity index (χ1) is 9.51. The molecule has 1 heterocycles. The zero-order valence-corrected chi connectivity index (χ0v) is 12.8. The van der Waals surface area contributed by atoms with E-state index in [1.807, 2.05) is 19.2 Å². The molecular formula is C14H15ClF2N2S. The maximum absolute atomic E-state index is 14.0. The highest BCUT2D eigenvalue weighted by Gasteiger charge is 2.19. The van der Waals surface area contributed by atoms with E-state index in [-0.39, 0.29) is 16.6 Å². The number of aryl methyl sites for hydroxylation is 1. The SMILES string of the molecule is CCNC(Cc1nc(C)cs1)c1cc(F)c(Cl)cc1F. The van der Waals surface area contributed by atoms with Gasteiger partial charge in [-0.2, -0.15) is 0 Å². The summed E-state index contributed by atoms with van der Waals surface area (Å²) in [7, 11) is 0. The van der Waals surface area contributed by atoms with Crippen LogP contribution in [0.1, 0.15) is 29.2 Å². The molecule has 0 radical (unpaired) electrons. The third-order valence-electron chi connectivity index (χ3n) is 2.91. The van der Waals surface area contributed by atoms with E-state index in [0.717, 1.165) is 22.8 Å². The summed E-state index contributed by atoms with van der Waals surface area (Å²) in [6, 6.07) is 1.85. The minimum absolute atomic E-state index is 0.202. The first-order valence-corrected chi connectivity index (χ1v) is 7.55. The first-order valence-electron chi connectivity index (χ1n) is 6.30. The van der Waals surface area contributed by atoms with E-state index in [9.17, 15) is 8.78 Å². The van der Waals surface area contributed by atoms with E-state index >= 15 is 0 Å². The summed E-state index contributed by atoms with van der Waals surface area (Å²) in [6.45, 7) is 4.48. The topological polar surface area (TPSA) is 24.9 Å². The normalized spacial score (nSPS) is 12.7. The Morgan fingerprint density at radius 1 is 1.35 bits per heavy atom. The molecule has 2 nitrogen and oxygen atoms in total. The Labute approximate surface area is 125 Å². The lowest BCUT2D eigenvalue weighted by Crippen LogP contribution is -2.24. The fourth-order valence-electron chi connectivity index (χ4n) is 2.01. The molecule has 2 rings (SSSR count). The van der Waals surface area contributed by atoms with Crippen LogP contribution in [0.4, 0.5) is 8.78 Å². The molecule has 0 spiro atoms. The molecule has 0 aliphatic rings. The van der Waals surface area contributed by atoms with Crippen molar-refractivity contribution in [2.75, 3.05) is 6.54 Å². The number of thiazole rings is 1. The predicted molar refractivity (Wildman–Crippen MR) is 78.3 cm³/mol. The maximum Gasteiger partial charge on any atom is 0.142 e. The summed E-state index contributed by atoms with van der Waals surface area (Å²) in [4.78, 5) is 4.36. The highest BCUT2D eigenvalue weighted by atomic mass is 35.5. The zero-order valence-electron chi connectivity index (χ0n) is 11.2. The van der Waals surface area contributed by atoms with Gasteiger partial charge in [-0.25, -0.2) is 13.8 Å². The lowest BCUT2D eigenvalue weighted by molar-refractivity contribution is 0.501. The number of aromatic nitrogens is 1. The van der Waals surface area contributed by atoms with Crippen molar-refractivity contribution in [1.82, 2.24) is 10.3 Å². The second-order valence-electron chi connectivity index (χ2n) is 4.48. The molecule has 108 valence electrons. The molecule has 2 aromatic rings. The van der Waals surface area contributed by atoms with E-state index in [4.69, 9.17) is 11.6 Å². The maximum atomic E-state index is 14.0. The summed E-state index contributed by atoms with van der Waals surface area (Å²) in [5.74, 6) is -1.11. The van der Waals surface area contributed by atoms with Crippen molar-refractivity contribution < 1.29 is 8.78 Å². The second kappa shape index (κ2) is 6.61. The second-order valence-corrected chi connectivity index (χ2v) is 5.83. The van der Waals surface area contributed by atoms with Crippen molar-refractivity contribution >= 4 is 22.9 Å². The molecule has 6 heteroatoms. The summed E-state index contributed by atoms with van der Waals surface area (Å²) < 4.78 is 27.6. The molecule has 1 N–H and O–H groups in total. The molecule has 0 saturated heterocycles. The molecule has 1 unspecified atom stereocenters. The molecule has 0 aliphatic carbocycles. The lowest BCUT2D eigenvalue weighted by Gasteiger charge is -2.18. The molecule has 1 aromatic heterocycles. The van der Waals surface area contributed by atoms with Gasteiger partial charge >= 0.3 is 0 Å². The molecule has 0 saturated carbocycles. The van der Waals surface area contributed by atoms with E-state index in [2.05, 4.69) is 10.3 Å². The summed E-state index contributed by atoms with van der Waals surface area (Å²) >= 11 is 7.10. The molecule has 0 amide bonds. The van der Waals surface area contributed by atoms with Crippen LogP contribution in [0.3, 0.4) is 0 Å². The van der Waals surface area contributed by atoms with Gasteiger partial charge in [0.05, 0.1) is 10.0 Å². The van der Waals surface area contributed by atoms with Crippen molar-refractivity contribution in [3.8, 4) is 0 Å². The van der Waals surface area contributed by atoms with Crippen LogP contribution in [0.25, 0.3) is 0 Å². The van der Waals surface area contributed by atoms with Gasteiger partial charge < -0.3 is 5.32 Å². The van der Waals surface area contributed by atoms with Crippen LogP contribution in [-0.2, 0) is 6.42 Å². The molecule has 20 heavy (non-hydrogen) atoms. The number of rotatable bonds is 5. The van der Waals surface area contributed by atoms with Gasteiger partial charge in [0.25, 0.3) is 0 Å². The Kier molecular flexibility index (Phi) is 5.07. The van der Waals surface area contributed by atoms with Gasteiger partial charge in [0.1, 0.15) is 11.6 Å². The number of hydrogen-bond acceptors (Lipinski definition) is 3. The molecule has 0 fully saturated rings. The smallest absolute Gasteiger partial charge is 0.142 e. The van der Waals surface area contributed by atoms with E-state index < -0.39 is 11.6 Å². The Morgan fingerprint density at radius 3 is 2.70 bits per heavy atom. The number of nitrogens with zero attached hydrogens (tertiary/aromatic N) is 1. The Balaban J connectivity index is 2.30. The van der Waals surface area contributed by atoms with Crippen LogP contribution in [-0.4, -0.2) is 11.5 Å². The van der Waals surface area contributed by atoms with Crippen molar-refractivity contribution in [3.05, 3.63) is 50.4 Å². The van der Waals surface area contributed by atoms with Gasteiger partial charge in [0, 0.05) is 29.1 Å². The Bertz CT molecular complexity index is 601. The average molecular weight is 317 g/mol. The number of halogens is 3. The van der Waals surface area contributed by atoms with Crippen molar-refractivity contribution in [2.45, 2.75) is 26.3 Å². The first kappa shape index (κ1) is 15.4. The largest absolute Gasteiger partial charge is 0.310 e. The monoisotopic (exact) mass is 316 g/mol.